The van der Waals surface area contributed by atoms with E-state index in [0.29, 0.717) is 0 Å². The van der Waals surface area contributed by atoms with Crippen LogP contribution in [0.25, 0.3) is 0 Å². The molecule has 2 heteroatoms. The largest absolute Gasteiger partial charge is 0.310 e. The van der Waals surface area contributed by atoms with Gasteiger partial charge in [-0.3, -0.25) is 0 Å². The van der Waals surface area contributed by atoms with Gasteiger partial charge in [0.15, 0.2) is 0 Å². The zero-order chi connectivity index (χ0) is 12.9. The highest BCUT2D eigenvalue weighted by molar-refractivity contribution is 7.98. The summed E-state index contributed by atoms with van der Waals surface area (Å²) in [5.41, 5.74) is 2.77. The highest BCUT2D eigenvalue weighted by Crippen LogP contribution is 2.23. The summed E-state index contributed by atoms with van der Waals surface area (Å²) in [6.45, 7) is 1.01. The van der Waals surface area contributed by atoms with Gasteiger partial charge in [0.2, 0.25) is 0 Å². The number of thioether (sulfide) groups is 1. The lowest BCUT2D eigenvalue weighted by Crippen LogP contribution is -2.14. The Morgan fingerprint density at radius 2 is 1.63 bits per heavy atom. The molecule has 0 radical (unpaired) electrons. The minimum absolute atomic E-state index is 0.784. The van der Waals surface area contributed by atoms with E-state index in [1.165, 1.54) is 28.9 Å². The van der Waals surface area contributed by atoms with Crippen LogP contribution in [0.4, 0.5) is 0 Å². The first kappa shape index (κ1) is 12.8. The molecule has 1 N–H and O–H groups in total. The summed E-state index contributed by atoms with van der Waals surface area (Å²) >= 11 is 1.90. The molecular formula is C17H19NS. The monoisotopic (exact) mass is 269 g/mol. The summed E-state index contributed by atoms with van der Waals surface area (Å²) in [7, 11) is 0. The van der Waals surface area contributed by atoms with E-state index in [4.69, 9.17) is 0 Å². The molecule has 0 aliphatic heterocycles. The molecule has 98 valence electrons. The summed E-state index contributed by atoms with van der Waals surface area (Å²) in [6.07, 6.45) is 2.70. The molecule has 0 atom stereocenters. The van der Waals surface area contributed by atoms with Gasteiger partial charge >= 0.3 is 0 Å². The second kappa shape index (κ2) is 6.27. The van der Waals surface area contributed by atoms with Crippen molar-refractivity contribution in [3.8, 4) is 0 Å². The maximum atomic E-state index is 3.54. The fourth-order valence-corrected chi connectivity index (χ4v) is 2.85. The van der Waals surface area contributed by atoms with Crippen molar-refractivity contribution >= 4 is 11.8 Å². The van der Waals surface area contributed by atoms with Gasteiger partial charge in [0.1, 0.15) is 0 Å². The quantitative estimate of drug-likeness (QED) is 0.788. The first-order chi connectivity index (χ1) is 9.40. The zero-order valence-electron chi connectivity index (χ0n) is 11.0. The minimum Gasteiger partial charge on any atom is -0.310 e. The third kappa shape index (κ3) is 4.12. The fraction of sp³-hybridized carbons (Fsp3) is 0.294. The average Bonchev–Trinajstić information content (AvgIpc) is 3.29. The Morgan fingerprint density at radius 3 is 2.32 bits per heavy atom. The molecule has 0 aromatic heterocycles. The Labute approximate surface area is 119 Å². The molecule has 1 nitrogen and oxygen atoms in total. The molecule has 1 fully saturated rings. The Bertz CT molecular complexity index is 503. The van der Waals surface area contributed by atoms with Gasteiger partial charge in [-0.1, -0.05) is 42.5 Å². The van der Waals surface area contributed by atoms with Crippen LogP contribution in [0.3, 0.4) is 0 Å². The van der Waals surface area contributed by atoms with E-state index in [9.17, 15) is 0 Å². The number of hydrogen-bond acceptors (Lipinski definition) is 2. The molecule has 0 amide bonds. The molecule has 19 heavy (non-hydrogen) atoms. The highest BCUT2D eigenvalue weighted by atomic mass is 32.2. The van der Waals surface area contributed by atoms with Crippen molar-refractivity contribution in [2.24, 2.45) is 0 Å². The van der Waals surface area contributed by atoms with Crippen LogP contribution in [-0.4, -0.2) is 6.04 Å². The van der Waals surface area contributed by atoms with Crippen LogP contribution in [-0.2, 0) is 12.3 Å². The maximum absolute atomic E-state index is 3.54. The molecule has 1 saturated carbocycles. The van der Waals surface area contributed by atoms with Crippen molar-refractivity contribution in [2.45, 2.75) is 36.1 Å². The number of rotatable bonds is 6. The summed E-state index contributed by atoms with van der Waals surface area (Å²) in [6, 6.07) is 20.4. The zero-order valence-corrected chi connectivity index (χ0v) is 11.8. The summed E-state index contributed by atoms with van der Waals surface area (Å²) in [5, 5.41) is 3.54. The van der Waals surface area contributed by atoms with E-state index < -0.39 is 0 Å². The highest BCUT2D eigenvalue weighted by Gasteiger charge is 2.19. The second-order valence-corrected chi connectivity index (χ2v) is 6.12. The first-order valence-corrected chi connectivity index (χ1v) is 7.88. The van der Waals surface area contributed by atoms with Gasteiger partial charge in [0, 0.05) is 23.2 Å². The second-order valence-electron chi connectivity index (χ2n) is 5.07. The molecule has 0 heterocycles. The van der Waals surface area contributed by atoms with Crippen molar-refractivity contribution in [3.05, 3.63) is 65.7 Å². The normalized spacial score (nSPS) is 14.5. The van der Waals surface area contributed by atoms with Crippen LogP contribution >= 0.6 is 11.8 Å². The first-order valence-electron chi connectivity index (χ1n) is 6.89. The van der Waals surface area contributed by atoms with Crippen molar-refractivity contribution in [3.63, 3.8) is 0 Å². The predicted octanol–water partition coefficient (Wildman–Crippen LogP) is 4.23. The Hall–Kier alpha value is -1.25. The Balaban J connectivity index is 1.50. The number of nitrogens with one attached hydrogen (secondary N) is 1. The minimum atomic E-state index is 0.784. The molecule has 0 saturated heterocycles. The molecule has 0 unspecified atom stereocenters. The number of benzene rings is 2. The van der Waals surface area contributed by atoms with Gasteiger partial charge in [-0.15, -0.1) is 11.8 Å². The van der Waals surface area contributed by atoms with Crippen LogP contribution in [0, 0.1) is 0 Å². The SMILES string of the molecule is c1ccc(CSc2ccc(CNC3CC3)cc2)cc1. The maximum Gasteiger partial charge on any atom is 0.0231 e. The lowest BCUT2D eigenvalue weighted by molar-refractivity contribution is 0.687. The molecule has 1 aliphatic carbocycles. The van der Waals surface area contributed by atoms with E-state index in [1.54, 1.807) is 0 Å². The average molecular weight is 269 g/mol. The topological polar surface area (TPSA) is 12.0 Å². The van der Waals surface area contributed by atoms with Crippen molar-refractivity contribution in [1.82, 2.24) is 5.32 Å². The lowest BCUT2D eigenvalue weighted by Gasteiger charge is -2.05. The van der Waals surface area contributed by atoms with Crippen molar-refractivity contribution < 1.29 is 0 Å². The van der Waals surface area contributed by atoms with E-state index >= 15 is 0 Å². The van der Waals surface area contributed by atoms with Gasteiger partial charge in [0.25, 0.3) is 0 Å². The smallest absolute Gasteiger partial charge is 0.0231 e. The van der Waals surface area contributed by atoms with E-state index in [-0.39, 0.29) is 0 Å². The third-order valence-electron chi connectivity index (χ3n) is 3.34. The molecule has 3 rings (SSSR count). The molecular weight excluding hydrogens is 250 g/mol. The van der Waals surface area contributed by atoms with Crippen LogP contribution in [0.15, 0.2) is 59.5 Å². The predicted molar refractivity (Wildman–Crippen MR) is 82.3 cm³/mol. The van der Waals surface area contributed by atoms with Gasteiger partial charge in [0.05, 0.1) is 0 Å². The van der Waals surface area contributed by atoms with E-state index in [0.717, 1.165) is 18.3 Å². The van der Waals surface area contributed by atoms with Crippen molar-refractivity contribution in [2.75, 3.05) is 0 Å². The molecule has 1 aliphatic rings. The van der Waals surface area contributed by atoms with Gasteiger partial charge in [-0.25, -0.2) is 0 Å². The van der Waals surface area contributed by atoms with Gasteiger partial charge in [-0.05, 0) is 36.1 Å². The summed E-state index contributed by atoms with van der Waals surface area (Å²) in [4.78, 5) is 1.35. The van der Waals surface area contributed by atoms with Crippen molar-refractivity contribution in [1.29, 1.82) is 0 Å². The van der Waals surface area contributed by atoms with Crippen LogP contribution in [0.5, 0.6) is 0 Å². The van der Waals surface area contributed by atoms with Gasteiger partial charge in [-0.2, -0.15) is 0 Å². The van der Waals surface area contributed by atoms with Crippen LogP contribution in [0.1, 0.15) is 24.0 Å². The van der Waals surface area contributed by atoms with Gasteiger partial charge < -0.3 is 5.32 Å². The molecule has 0 spiro atoms. The van der Waals surface area contributed by atoms with E-state index in [2.05, 4.69) is 59.9 Å². The Kier molecular flexibility index (Phi) is 4.21. The van der Waals surface area contributed by atoms with E-state index in [1.807, 2.05) is 11.8 Å². The third-order valence-corrected chi connectivity index (χ3v) is 4.43. The van der Waals surface area contributed by atoms with Crippen LogP contribution < -0.4 is 5.32 Å². The summed E-state index contributed by atoms with van der Waals surface area (Å²) < 4.78 is 0. The number of hydrogen-bond donors (Lipinski definition) is 1. The molecule has 0 bridgehead atoms. The fourth-order valence-electron chi connectivity index (χ4n) is 1.99. The van der Waals surface area contributed by atoms with Crippen LogP contribution in [0.2, 0.25) is 0 Å². The molecule has 2 aromatic carbocycles. The Morgan fingerprint density at radius 1 is 0.895 bits per heavy atom. The standard InChI is InChI=1S/C17H19NS/c1-2-4-15(5-3-1)13-19-17-10-6-14(7-11-17)12-18-16-8-9-16/h1-7,10-11,16,18H,8-9,12-13H2. The molecule has 2 aromatic rings. The summed E-state index contributed by atoms with van der Waals surface area (Å²) in [5.74, 6) is 1.04. The lowest BCUT2D eigenvalue weighted by atomic mass is 10.2.